The first-order valence-corrected chi connectivity index (χ1v) is 10.8. The highest BCUT2D eigenvalue weighted by molar-refractivity contribution is 5.95. The minimum atomic E-state index is -4.49. The normalized spacial score (nSPS) is 14.4. The van der Waals surface area contributed by atoms with E-state index in [0.29, 0.717) is 44.1 Å². The van der Waals surface area contributed by atoms with Crippen LogP contribution in [0.1, 0.15) is 52.5 Å². The lowest BCUT2D eigenvalue weighted by Crippen LogP contribution is -2.49. The Morgan fingerprint density at radius 1 is 1.03 bits per heavy atom. The number of aromatic nitrogens is 1. The quantitative estimate of drug-likeness (QED) is 0.651. The molecule has 0 aliphatic carbocycles. The average molecular weight is 448 g/mol. The second-order valence-corrected chi connectivity index (χ2v) is 7.73. The van der Waals surface area contributed by atoms with Gasteiger partial charge in [0.05, 0.1) is 11.1 Å². The standard InChI is InChI=1S/C23H27F3N4O2/c1-2-3-4-10-27-21(31)18-8-9-20(28-16-18)29-11-13-30(14-12-29)22(32)17-6-5-7-19(15-17)23(24,25)26/h5-9,15-16H,2-4,10-14H2,1H3,(H,27,31). The lowest BCUT2D eigenvalue weighted by atomic mass is 10.1. The van der Waals surface area contributed by atoms with Crippen LogP contribution in [0.2, 0.25) is 0 Å². The van der Waals surface area contributed by atoms with E-state index in [2.05, 4.69) is 17.2 Å². The minimum absolute atomic E-state index is 0.0284. The molecule has 32 heavy (non-hydrogen) atoms. The van der Waals surface area contributed by atoms with E-state index in [9.17, 15) is 22.8 Å². The molecule has 0 spiro atoms. The van der Waals surface area contributed by atoms with Crippen LogP contribution in [0.15, 0.2) is 42.6 Å². The highest BCUT2D eigenvalue weighted by atomic mass is 19.4. The van der Waals surface area contributed by atoms with Gasteiger partial charge in [-0.25, -0.2) is 4.98 Å². The van der Waals surface area contributed by atoms with Crippen molar-refractivity contribution in [3.63, 3.8) is 0 Å². The summed E-state index contributed by atoms with van der Waals surface area (Å²) >= 11 is 0. The molecule has 2 amide bonds. The number of hydrogen-bond acceptors (Lipinski definition) is 4. The van der Waals surface area contributed by atoms with E-state index in [1.54, 1.807) is 17.0 Å². The third-order valence-electron chi connectivity index (χ3n) is 5.40. The Bertz CT molecular complexity index is 924. The number of unbranched alkanes of at least 4 members (excludes halogenated alkanes) is 2. The van der Waals surface area contributed by atoms with Gasteiger partial charge in [0, 0.05) is 44.5 Å². The topological polar surface area (TPSA) is 65.5 Å². The average Bonchev–Trinajstić information content (AvgIpc) is 2.81. The Morgan fingerprint density at radius 3 is 2.41 bits per heavy atom. The third kappa shape index (κ3) is 5.99. The molecule has 0 bridgehead atoms. The molecule has 0 unspecified atom stereocenters. The van der Waals surface area contributed by atoms with Crippen molar-refractivity contribution in [3.8, 4) is 0 Å². The maximum absolute atomic E-state index is 12.9. The molecule has 1 aliphatic heterocycles. The maximum atomic E-state index is 12.9. The van der Waals surface area contributed by atoms with Crippen molar-refractivity contribution < 1.29 is 22.8 Å². The third-order valence-corrected chi connectivity index (χ3v) is 5.40. The Balaban J connectivity index is 1.54. The molecule has 0 atom stereocenters. The number of piperazine rings is 1. The van der Waals surface area contributed by atoms with E-state index in [4.69, 9.17) is 0 Å². The van der Waals surface area contributed by atoms with Gasteiger partial charge in [-0.05, 0) is 36.8 Å². The Hall–Kier alpha value is -3.10. The van der Waals surface area contributed by atoms with Crippen LogP contribution in [0.5, 0.6) is 0 Å². The number of carbonyl (C=O) groups excluding carboxylic acids is 2. The second-order valence-electron chi connectivity index (χ2n) is 7.73. The molecule has 6 nitrogen and oxygen atoms in total. The van der Waals surface area contributed by atoms with Gasteiger partial charge in [-0.15, -0.1) is 0 Å². The summed E-state index contributed by atoms with van der Waals surface area (Å²) in [5.74, 6) is 0.120. The summed E-state index contributed by atoms with van der Waals surface area (Å²) < 4.78 is 38.8. The van der Waals surface area contributed by atoms with E-state index in [1.807, 2.05) is 4.90 Å². The molecule has 2 heterocycles. The smallest absolute Gasteiger partial charge is 0.353 e. The van der Waals surface area contributed by atoms with Gasteiger partial charge < -0.3 is 15.1 Å². The van der Waals surface area contributed by atoms with Gasteiger partial charge in [0.2, 0.25) is 0 Å². The van der Waals surface area contributed by atoms with Crippen LogP contribution in [-0.4, -0.2) is 54.4 Å². The molecule has 1 aromatic carbocycles. The first kappa shape index (κ1) is 23.6. The first-order valence-electron chi connectivity index (χ1n) is 10.8. The van der Waals surface area contributed by atoms with Crippen molar-refractivity contribution in [3.05, 3.63) is 59.3 Å². The van der Waals surface area contributed by atoms with Crippen LogP contribution in [0.25, 0.3) is 0 Å². The fourth-order valence-electron chi connectivity index (χ4n) is 3.54. The van der Waals surface area contributed by atoms with Gasteiger partial charge in [-0.2, -0.15) is 13.2 Å². The fourth-order valence-corrected chi connectivity index (χ4v) is 3.54. The highest BCUT2D eigenvalue weighted by Crippen LogP contribution is 2.30. The molecule has 3 rings (SSSR count). The summed E-state index contributed by atoms with van der Waals surface area (Å²) in [4.78, 5) is 32.7. The molecule has 172 valence electrons. The molecule has 1 N–H and O–H groups in total. The fraction of sp³-hybridized carbons (Fsp3) is 0.435. The predicted octanol–water partition coefficient (Wildman–Crippen LogP) is 3.98. The molecule has 1 saturated heterocycles. The first-order chi connectivity index (χ1) is 15.3. The Labute approximate surface area is 185 Å². The number of hydrogen-bond donors (Lipinski definition) is 1. The summed E-state index contributed by atoms with van der Waals surface area (Å²) in [7, 11) is 0. The predicted molar refractivity (Wildman–Crippen MR) is 116 cm³/mol. The van der Waals surface area contributed by atoms with Crippen molar-refractivity contribution in [2.75, 3.05) is 37.6 Å². The lowest BCUT2D eigenvalue weighted by Gasteiger charge is -2.35. The molecule has 0 saturated carbocycles. The zero-order chi connectivity index (χ0) is 23.1. The number of benzene rings is 1. The van der Waals surface area contributed by atoms with Crippen LogP contribution < -0.4 is 10.2 Å². The number of nitrogens with zero attached hydrogens (tertiary/aromatic N) is 3. The Kier molecular flexibility index (Phi) is 7.71. The van der Waals surface area contributed by atoms with E-state index in [0.717, 1.165) is 31.4 Å². The van der Waals surface area contributed by atoms with Crippen LogP contribution in [-0.2, 0) is 6.18 Å². The summed E-state index contributed by atoms with van der Waals surface area (Å²) in [6.07, 6.45) is 0.145. The summed E-state index contributed by atoms with van der Waals surface area (Å²) in [6.45, 7) is 4.48. The molecule has 1 fully saturated rings. The molecule has 2 aromatic rings. The van der Waals surface area contributed by atoms with Gasteiger partial charge in [0.25, 0.3) is 11.8 Å². The maximum Gasteiger partial charge on any atom is 0.416 e. The second kappa shape index (κ2) is 10.5. The van der Waals surface area contributed by atoms with Crippen molar-refractivity contribution in [2.24, 2.45) is 0 Å². The molecule has 1 aliphatic rings. The van der Waals surface area contributed by atoms with Crippen molar-refractivity contribution in [1.82, 2.24) is 15.2 Å². The number of pyridine rings is 1. The van der Waals surface area contributed by atoms with Crippen molar-refractivity contribution in [1.29, 1.82) is 0 Å². The summed E-state index contributed by atoms with van der Waals surface area (Å²) in [6, 6.07) is 7.98. The summed E-state index contributed by atoms with van der Waals surface area (Å²) in [5.41, 5.74) is -0.315. The molecular weight excluding hydrogens is 421 g/mol. The van der Waals surface area contributed by atoms with Gasteiger partial charge in [-0.1, -0.05) is 25.8 Å². The van der Waals surface area contributed by atoms with Gasteiger partial charge in [0.1, 0.15) is 5.82 Å². The molecule has 1 aromatic heterocycles. The van der Waals surface area contributed by atoms with E-state index < -0.39 is 17.6 Å². The summed E-state index contributed by atoms with van der Waals surface area (Å²) in [5, 5.41) is 2.87. The number of halogens is 3. The largest absolute Gasteiger partial charge is 0.416 e. The van der Waals surface area contributed by atoms with Gasteiger partial charge >= 0.3 is 6.18 Å². The number of nitrogens with one attached hydrogen (secondary N) is 1. The number of carbonyl (C=O) groups is 2. The van der Waals surface area contributed by atoms with Gasteiger partial charge in [-0.3, -0.25) is 9.59 Å². The van der Waals surface area contributed by atoms with Crippen molar-refractivity contribution >= 4 is 17.6 Å². The number of anilines is 1. The van der Waals surface area contributed by atoms with Crippen LogP contribution in [0, 0.1) is 0 Å². The van der Waals surface area contributed by atoms with E-state index >= 15 is 0 Å². The zero-order valence-electron chi connectivity index (χ0n) is 18.0. The molecule has 9 heteroatoms. The zero-order valence-corrected chi connectivity index (χ0v) is 18.0. The van der Waals surface area contributed by atoms with E-state index in [1.165, 1.54) is 18.3 Å². The lowest BCUT2D eigenvalue weighted by molar-refractivity contribution is -0.137. The van der Waals surface area contributed by atoms with Crippen LogP contribution >= 0.6 is 0 Å². The number of rotatable bonds is 7. The molecular formula is C23H27F3N4O2. The van der Waals surface area contributed by atoms with Crippen LogP contribution in [0.3, 0.4) is 0 Å². The minimum Gasteiger partial charge on any atom is -0.353 e. The monoisotopic (exact) mass is 448 g/mol. The van der Waals surface area contributed by atoms with Gasteiger partial charge in [0.15, 0.2) is 0 Å². The SMILES string of the molecule is CCCCCNC(=O)c1ccc(N2CCN(C(=O)c3cccc(C(F)(F)F)c3)CC2)nc1. The number of alkyl halides is 3. The number of amides is 2. The van der Waals surface area contributed by atoms with Crippen LogP contribution in [0.4, 0.5) is 19.0 Å². The Morgan fingerprint density at radius 2 is 1.78 bits per heavy atom. The molecule has 0 radical (unpaired) electrons. The van der Waals surface area contributed by atoms with Crippen molar-refractivity contribution in [2.45, 2.75) is 32.4 Å². The van der Waals surface area contributed by atoms with E-state index in [-0.39, 0.29) is 11.5 Å². The highest BCUT2D eigenvalue weighted by Gasteiger charge is 2.31.